The summed E-state index contributed by atoms with van der Waals surface area (Å²) in [5.74, 6) is -1.12. The fourth-order valence-corrected chi connectivity index (χ4v) is 2.02. The van der Waals surface area contributed by atoms with Gasteiger partial charge in [0.25, 0.3) is 5.91 Å². The van der Waals surface area contributed by atoms with Gasteiger partial charge in [0.05, 0.1) is 6.54 Å². The van der Waals surface area contributed by atoms with Crippen LogP contribution in [0.2, 0.25) is 0 Å². The Labute approximate surface area is 134 Å². The number of benzene rings is 2. The molecule has 0 aliphatic rings. The van der Waals surface area contributed by atoms with Crippen molar-refractivity contribution in [1.29, 1.82) is 0 Å². The molecule has 0 aromatic heterocycles. The van der Waals surface area contributed by atoms with Gasteiger partial charge < -0.3 is 10.6 Å². The summed E-state index contributed by atoms with van der Waals surface area (Å²) in [4.78, 5) is 23.8. The quantitative estimate of drug-likeness (QED) is 0.911. The monoisotopic (exact) mass is 314 g/mol. The van der Waals surface area contributed by atoms with Crippen molar-refractivity contribution >= 4 is 17.5 Å². The van der Waals surface area contributed by atoms with E-state index in [-0.39, 0.29) is 18.3 Å². The van der Waals surface area contributed by atoms with Crippen LogP contribution in [-0.2, 0) is 4.79 Å². The average Bonchev–Trinajstić information content (AvgIpc) is 2.51. The van der Waals surface area contributed by atoms with Gasteiger partial charge in [-0.3, -0.25) is 9.59 Å². The fraction of sp³-hybridized carbons (Fsp3) is 0.222. The number of aryl methyl sites for hydroxylation is 3. The SMILES string of the molecule is Cc1ccc(C(=O)NCC(=O)Nc2ccc(C)c(F)c2)cc1C. The van der Waals surface area contributed by atoms with Crippen LogP contribution >= 0.6 is 0 Å². The molecule has 23 heavy (non-hydrogen) atoms. The first-order valence-electron chi connectivity index (χ1n) is 7.28. The lowest BCUT2D eigenvalue weighted by Gasteiger charge is -2.09. The molecule has 0 unspecified atom stereocenters. The van der Waals surface area contributed by atoms with Gasteiger partial charge in [0.1, 0.15) is 5.82 Å². The minimum absolute atomic E-state index is 0.179. The van der Waals surface area contributed by atoms with Crippen LogP contribution in [0.3, 0.4) is 0 Å². The standard InChI is InChI=1S/C18H19FN2O2/c1-11-4-6-14(8-13(11)3)18(23)20-10-17(22)21-15-7-5-12(2)16(19)9-15/h4-9H,10H2,1-3H3,(H,20,23)(H,21,22). The van der Waals surface area contributed by atoms with Gasteiger partial charge in [-0.1, -0.05) is 12.1 Å². The number of carbonyl (C=O) groups excluding carboxylic acids is 2. The third-order valence-corrected chi connectivity index (χ3v) is 3.63. The Bertz CT molecular complexity index is 757. The van der Waals surface area contributed by atoms with E-state index in [2.05, 4.69) is 10.6 Å². The molecule has 120 valence electrons. The molecule has 0 aliphatic heterocycles. The van der Waals surface area contributed by atoms with Crippen molar-refractivity contribution < 1.29 is 14.0 Å². The first kappa shape index (κ1) is 16.7. The summed E-state index contributed by atoms with van der Waals surface area (Å²) in [6.07, 6.45) is 0. The number of hydrogen-bond donors (Lipinski definition) is 2. The van der Waals surface area contributed by atoms with Gasteiger partial charge >= 0.3 is 0 Å². The molecule has 2 amide bonds. The van der Waals surface area contributed by atoms with Gasteiger partial charge in [-0.2, -0.15) is 0 Å². The van der Waals surface area contributed by atoms with E-state index < -0.39 is 5.91 Å². The molecule has 0 bridgehead atoms. The Balaban J connectivity index is 1.91. The molecule has 5 heteroatoms. The molecule has 2 N–H and O–H groups in total. The predicted molar refractivity (Wildman–Crippen MR) is 88.0 cm³/mol. The van der Waals surface area contributed by atoms with Crippen LogP contribution in [0.15, 0.2) is 36.4 Å². The molecule has 2 aromatic carbocycles. The molecule has 0 saturated carbocycles. The summed E-state index contributed by atoms with van der Waals surface area (Å²) in [5.41, 5.74) is 3.48. The van der Waals surface area contributed by atoms with Crippen molar-refractivity contribution in [2.45, 2.75) is 20.8 Å². The van der Waals surface area contributed by atoms with Gasteiger partial charge in [0, 0.05) is 11.3 Å². The second-order valence-corrected chi connectivity index (χ2v) is 5.49. The lowest BCUT2D eigenvalue weighted by atomic mass is 10.1. The third kappa shape index (κ3) is 4.39. The molecule has 2 rings (SSSR count). The van der Waals surface area contributed by atoms with Crippen LogP contribution in [0.1, 0.15) is 27.0 Å². The van der Waals surface area contributed by atoms with Gasteiger partial charge in [0.2, 0.25) is 5.91 Å². The maximum absolute atomic E-state index is 13.4. The van der Waals surface area contributed by atoms with Crippen molar-refractivity contribution in [3.05, 3.63) is 64.5 Å². The van der Waals surface area contributed by atoms with Crippen LogP contribution in [0.5, 0.6) is 0 Å². The molecule has 4 nitrogen and oxygen atoms in total. The molecule has 0 heterocycles. The fourth-order valence-electron chi connectivity index (χ4n) is 2.02. The Hall–Kier alpha value is -2.69. The summed E-state index contributed by atoms with van der Waals surface area (Å²) >= 11 is 0. The highest BCUT2D eigenvalue weighted by atomic mass is 19.1. The topological polar surface area (TPSA) is 58.2 Å². The second kappa shape index (κ2) is 7.05. The Morgan fingerprint density at radius 2 is 1.65 bits per heavy atom. The van der Waals surface area contributed by atoms with Crippen LogP contribution in [0.25, 0.3) is 0 Å². The van der Waals surface area contributed by atoms with Crippen molar-refractivity contribution in [2.24, 2.45) is 0 Å². The minimum atomic E-state index is -0.412. The van der Waals surface area contributed by atoms with E-state index in [0.29, 0.717) is 16.8 Å². The van der Waals surface area contributed by atoms with Gasteiger partial charge in [-0.05, 0) is 61.7 Å². The van der Waals surface area contributed by atoms with Gasteiger partial charge in [-0.15, -0.1) is 0 Å². The van der Waals surface area contributed by atoms with Crippen molar-refractivity contribution in [3.63, 3.8) is 0 Å². The molecular formula is C18H19FN2O2. The Kier molecular flexibility index (Phi) is 5.11. The summed E-state index contributed by atoms with van der Waals surface area (Å²) < 4.78 is 13.4. The van der Waals surface area contributed by atoms with E-state index in [9.17, 15) is 14.0 Å². The first-order chi connectivity index (χ1) is 10.9. The number of rotatable bonds is 4. The zero-order valence-electron chi connectivity index (χ0n) is 13.4. The lowest BCUT2D eigenvalue weighted by molar-refractivity contribution is -0.115. The van der Waals surface area contributed by atoms with Gasteiger partial charge in [-0.25, -0.2) is 4.39 Å². The van der Waals surface area contributed by atoms with Crippen LogP contribution in [0, 0.1) is 26.6 Å². The number of nitrogens with one attached hydrogen (secondary N) is 2. The largest absolute Gasteiger partial charge is 0.343 e. The summed E-state index contributed by atoms with van der Waals surface area (Å²) in [6.45, 7) is 5.35. The minimum Gasteiger partial charge on any atom is -0.343 e. The predicted octanol–water partition coefficient (Wildman–Crippen LogP) is 3.12. The second-order valence-electron chi connectivity index (χ2n) is 5.49. The van der Waals surface area contributed by atoms with Crippen molar-refractivity contribution in [2.75, 3.05) is 11.9 Å². The van der Waals surface area contributed by atoms with Crippen LogP contribution < -0.4 is 10.6 Å². The zero-order chi connectivity index (χ0) is 17.0. The number of halogens is 1. The molecular weight excluding hydrogens is 295 g/mol. The third-order valence-electron chi connectivity index (χ3n) is 3.63. The molecule has 0 spiro atoms. The molecule has 0 atom stereocenters. The number of carbonyl (C=O) groups is 2. The maximum Gasteiger partial charge on any atom is 0.251 e. The van der Waals surface area contributed by atoms with E-state index in [4.69, 9.17) is 0 Å². The van der Waals surface area contributed by atoms with E-state index >= 15 is 0 Å². The molecule has 2 aromatic rings. The van der Waals surface area contributed by atoms with Crippen LogP contribution in [0.4, 0.5) is 10.1 Å². The maximum atomic E-state index is 13.4. The number of hydrogen-bond acceptors (Lipinski definition) is 2. The van der Waals surface area contributed by atoms with Crippen molar-refractivity contribution in [3.8, 4) is 0 Å². The normalized spacial score (nSPS) is 10.3. The van der Waals surface area contributed by atoms with E-state index in [1.165, 1.54) is 6.07 Å². The highest BCUT2D eigenvalue weighted by Gasteiger charge is 2.09. The number of amides is 2. The smallest absolute Gasteiger partial charge is 0.251 e. The summed E-state index contributed by atoms with van der Waals surface area (Å²) in [6, 6.07) is 9.79. The Morgan fingerprint density at radius 1 is 0.957 bits per heavy atom. The van der Waals surface area contributed by atoms with E-state index in [1.807, 2.05) is 19.9 Å². The molecule has 0 aliphatic carbocycles. The molecule has 0 radical (unpaired) electrons. The summed E-state index contributed by atoms with van der Waals surface area (Å²) in [7, 11) is 0. The van der Waals surface area contributed by atoms with E-state index in [1.54, 1.807) is 31.2 Å². The summed E-state index contributed by atoms with van der Waals surface area (Å²) in [5, 5.41) is 5.09. The average molecular weight is 314 g/mol. The van der Waals surface area contributed by atoms with Crippen LogP contribution in [-0.4, -0.2) is 18.4 Å². The highest BCUT2D eigenvalue weighted by molar-refractivity contribution is 5.99. The first-order valence-corrected chi connectivity index (χ1v) is 7.28. The lowest BCUT2D eigenvalue weighted by Crippen LogP contribution is -2.32. The number of anilines is 1. The Morgan fingerprint density at radius 3 is 2.30 bits per heavy atom. The highest BCUT2D eigenvalue weighted by Crippen LogP contribution is 2.13. The zero-order valence-corrected chi connectivity index (χ0v) is 13.4. The van der Waals surface area contributed by atoms with Crippen molar-refractivity contribution in [1.82, 2.24) is 5.32 Å². The van der Waals surface area contributed by atoms with Gasteiger partial charge in [0.15, 0.2) is 0 Å². The molecule has 0 saturated heterocycles. The van der Waals surface area contributed by atoms with E-state index in [0.717, 1.165) is 11.1 Å². The molecule has 0 fully saturated rings.